The highest BCUT2D eigenvalue weighted by atomic mass is 35.5. The van der Waals surface area contributed by atoms with Gasteiger partial charge in [0.25, 0.3) is 0 Å². The zero-order chi connectivity index (χ0) is 6.41. The average molecular weight is 133 g/mol. The fraction of sp³-hybridized carbons (Fsp3) is 0.400. The van der Waals surface area contributed by atoms with Crippen molar-refractivity contribution < 1.29 is 9.53 Å². The number of carbonyl (C=O) groups excluding carboxylic acids is 1. The maximum atomic E-state index is 9.79. The number of rotatable bonds is 2. The predicted octanol–water partition coefficient (Wildman–Crippen LogP) is 1.39. The molecule has 0 rings (SSSR count). The van der Waals surface area contributed by atoms with Crippen LogP contribution in [0.3, 0.4) is 0 Å². The van der Waals surface area contributed by atoms with Crippen LogP contribution < -0.4 is 0 Å². The molecule has 0 atom stereocenters. The molecule has 0 aliphatic carbocycles. The lowest BCUT2D eigenvalue weighted by atomic mass is 10.5. The van der Waals surface area contributed by atoms with Crippen molar-refractivity contribution in [2.75, 3.05) is 6.61 Å². The Hall–Kier alpha value is -0.680. The first kappa shape index (κ1) is 7.32. The second-order valence-electron chi connectivity index (χ2n) is 1.04. The van der Waals surface area contributed by atoms with Crippen LogP contribution in [-0.4, -0.2) is 12.0 Å². The lowest BCUT2D eigenvalue weighted by Crippen LogP contribution is -1.94. The van der Waals surface area contributed by atoms with Crippen molar-refractivity contribution in [1.29, 1.82) is 0 Å². The number of carbonyl (C=O) groups is 1. The minimum absolute atomic E-state index is 0.207. The Morgan fingerprint density at radius 1 is 1.88 bits per heavy atom. The third-order valence-electron chi connectivity index (χ3n) is 0.462. The van der Waals surface area contributed by atoms with E-state index < -0.39 is 5.43 Å². The highest BCUT2D eigenvalue weighted by molar-refractivity contribution is 6.61. The van der Waals surface area contributed by atoms with E-state index in [4.69, 9.17) is 18.0 Å². The Bertz CT molecular complexity index is 114. The van der Waals surface area contributed by atoms with Gasteiger partial charge in [-0.1, -0.05) is 0 Å². The largest absolute Gasteiger partial charge is 0.453 e. The molecule has 0 aromatic carbocycles. The zero-order valence-electron chi connectivity index (χ0n) is 4.19. The topological polar surface area (TPSA) is 26.3 Å². The Morgan fingerprint density at radius 3 is 2.88 bits per heavy atom. The molecule has 0 saturated carbocycles. The van der Waals surface area contributed by atoms with E-state index in [0.29, 0.717) is 6.42 Å². The molecule has 0 radical (unpaired) electrons. The summed E-state index contributed by atoms with van der Waals surface area (Å²) < 4.78 is 4.27. The van der Waals surface area contributed by atoms with Crippen molar-refractivity contribution in [3.63, 3.8) is 0 Å². The molecule has 0 heterocycles. The normalized spacial score (nSPS) is 7.50. The van der Waals surface area contributed by atoms with Crippen LogP contribution in [0.25, 0.3) is 0 Å². The molecule has 44 valence electrons. The summed E-state index contributed by atoms with van der Waals surface area (Å²) in [6, 6.07) is 0. The monoisotopic (exact) mass is 132 g/mol. The lowest BCUT2D eigenvalue weighted by molar-refractivity contribution is 0.176. The molecule has 0 fully saturated rings. The molecule has 0 aliphatic rings. The quantitative estimate of drug-likeness (QED) is 0.322. The summed E-state index contributed by atoms with van der Waals surface area (Å²) in [5, 5.41) is 0. The molecule has 0 saturated heterocycles. The van der Waals surface area contributed by atoms with Crippen LogP contribution in [0.1, 0.15) is 6.42 Å². The molecule has 0 spiro atoms. The van der Waals surface area contributed by atoms with Crippen LogP contribution in [0.5, 0.6) is 0 Å². The summed E-state index contributed by atoms with van der Waals surface area (Å²) in [6.07, 6.45) is 5.25. The van der Waals surface area contributed by atoms with Crippen molar-refractivity contribution in [2.24, 2.45) is 0 Å². The van der Waals surface area contributed by atoms with Gasteiger partial charge >= 0.3 is 5.43 Å². The van der Waals surface area contributed by atoms with E-state index in [-0.39, 0.29) is 6.61 Å². The lowest BCUT2D eigenvalue weighted by Gasteiger charge is -1.91. The van der Waals surface area contributed by atoms with E-state index in [1.165, 1.54) is 0 Å². The minimum Gasteiger partial charge on any atom is -0.453 e. The zero-order valence-corrected chi connectivity index (χ0v) is 4.94. The summed E-state index contributed by atoms with van der Waals surface area (Å²) in [4.78, 5) is 9.79. The van der Waals surface area contributed by atoms with Gasteiger partial charge in [-0.15, -0.1) is 12.3 Å². The van der Waals surface area contributed by atoms with Gasteiger partial charge in [-0.05, 0) is 0 Å². The third-order valence-corrected chi connectivity index (χ3v) is 0.571. The predicted molar refractivity (Wildman–Crippen MR) is 30.7 cm³/mol. The van der Waals surface area contributed by atoms with E-state index in [0.717, 1.165) is 0 Å². The molecule has 0 aromatic rings. The number of hydrogen-bond acceptors (Lipinski definition) is 2. The standard InChI is InChI=1S/C5H5ClO2/c1-2-3-4-8-5(6)7/h1H,3-4H2. The van der Waals surface area contributed by atoms with Crippen LogP contribution in [0, 0.1) is 12.3 Å². The molecular weight excluding hydrogens is 128 g/mol. The molecule has 0 aromatic heterocycles. The van der Waals surface area contributed by atoms with Crippen LogP contribution in [0.15, 0.2) is 0 Å². The number of terminal acetylenes is 1. The SMILES string of the molecule is C#CCCOC(=O)Cl. The van der Waals surface area contributed by atoms with Gasteiger partial charge in [-0.25, -0.2) is 4.79 Å². The second-order valence-corrected chi connectivity index (χ2v) is 1.35. The summed E-state index contributed by atoms with van der Waals surface area (Å²) in [5.41, 5.74) is -0.805. The molecule has 0 aliphatic heterocycles. The second kappa shape index (κ2) is 4.48. The Labute approximate surface area is 52.8 Å². The molecule has 0 amide bonds. The fourth-order valence-corrected chi connectivity index (χ4v) is 0.267. The van der Waals surface area contributed by atoms with Crippen molar-refractivity contribution >= 4 is 17.0 Å². The fourth-order valence-electron chi connectivity index (χ4n) is 0.190. The van der Waals surface area contributed by atoms with Gasteiger partial charge in [-0.3, -0.25) is 0 Å². The van der Waals surface area contributed by atoms with Gasteiger partial charge < -0.3 is 4.74 Å². The maximum Gasteiger partial charge on any atom is 0.403 e. The first-order valence-electron chi connectivity index (χ1n) is 2.03. The van der Waals surface area contributed by atoms with E-state index >= 15 is 0 Å². The van der Waals surface area contributed by atoms with Crippen LogP contribution in [0.2, 0.25) is 0 Å². The summed E-state index contributed by atoms with van der Waals surface area (Å²) in [5.74, 6) is 2.29. The average Bonchev–Trinajstić information content (AvgIpc) is 1.66. The van der Waals surface area contributed by atoms with Crippen LogP contribution in [-0.2, 0) is 4.74 Å². The molecule has 0 bridgehead atoms. The molecule has 3 heteroatoms. The van der Waals surface area contributed by atoms with Gasteiger partial charge in [0, 0.05) is 18.0 Å². The molecule has 8 heavy (non-hydrogen) atoms. The van der Waals surface area contributed by atoms with Crippen LogP contribution in [0.4, 0.5) is 4.79 Å². The van der Waals surface area contributed by atoms with Gasteiger partial charge in [0.2, 0.25) is 0 Å². The number of ether oxygens (including phenoxy) is 1. The van der Waals surface area contributed by atoms with Gasteiger partial charge in [0.15, 0.2) is 0 Å². The van der Waals surface area contributed by atoms with Crippen molar-refractivity contribution in [1.82, 2.24) is 0 Å². The molecule has 0 unspecified atom stereocenters. The van der Waals surface area contributed by atoms with Crippen molar-refractivity contribution in [3.05, 3.63) is 0 Å². The van der Waals surface area contributed by atoms with E-state index in [9.17, 15) is 4.79 Å². The Kier molecular flexibility index (Phi) is 4.10. The number of hydrogen-bond donors (Lipinski definition) is 0. The van der Waals surface area contributed by atoms with Gasteiger partial charge in [0.05, 0.1) is 0 Å². The van der Waals surface area contributed by atoms with Crippen molar-refractivity contribution in [3.8, 4) is 12.3 Å². The highest BCUT2D eigenvalue weighted by Crippen LogP contribution is 1.87. The van der Waals surface area contributed by atoms with Gasteiger partial charge in [0.1, 0.15) is 6.61 Å². The molecular formula is C5H5ClO2. The summed E-state index contributed by atoms with van der Waals surface area (Å²) in [6.45, 7) is 0.207. The maximum absolute atomic E-state index is 9.79. The molecule has 0 N–H and O–H groups in total. The smallest absolute Gasteiger partial charge is 0.403 e. The van der Waals surface area contributed by atoms with Gasteiger partial charge in [-0.2, -0.15) is 0 Å². The van der Waals surface area contributed by atoms with E-state index in [1.807, 2.05) is 0 Å². The first-order chi connectivity index (χ1) is 3.77. The summed E-state index contributed by atoms with van der Waals surface area (Å²) >= 11 is 4.78. The third kappa shape index (κ3) is 5.32. The number of halogens is 1. The molecule has 2 nitrogen and oxygen atoms in total. The Balaban J connectivity index is 2.97. The minimum atomic E-state index is -0.805. The van der Waals surface area contributed by atoms with Crippen molar-refractivity contribution in [2.45, 2.75) is 6.42 Å². The highest BCUT2D eigenvalue weighted by Gasteiger charge is 1.90. The van der Waals surface area contributed by atoms with E-state index in [1.54, 1.807) is 0 Å². The van der Waals surface area contributed by atoms with Crippen LogP contribution >= 0.6 is 11.6 Å². The summed E-state index contributed by atoms with van der Waals surface area (Å²) in [7, 11) is 0. The Morgan fingerprint density at radius 2 is 2.50 bits per heavy atom. The first-order valence-corrected chi connectivity index (χ1v) is 2.41. The van der Waals surface area contributed by atoms with E-state index in [2.05, 4.69) is 10.7 Å².